The predicted molar refractivity (Wildman–Crippen MR) is 76.7 cm³/mol. The summed E-state index contributed by atoms with van der Waals surface area (Å²) >= 11 is 6.20. The molecule has 0 aromatic heterocycles. The number of carbonyl (C=O) groups is 1. The fraction of sp³-hybridized carbons (Fsp3) is 0.188. The Morgan fingerprint density at radius 3 is 2.11 bits per heavy atom. The van der Waals surface area contributed by atoms with Crippen molar-refractivity contribution in [3.63, 3.8) is 0 Å². The summed E-state index contributed by atoms with van der Waals surface area (Å²) in [5, 5.41) is 0. The second-order valence-corrected chi connectivity index (χ2v) is 5.70. The Balaban J connectivity index is 2.12. The first-order chi connectivity index (χ1) is 8.97. The maximum Gasteiger partial charge on any atom is 0.343 e. The lowest BCUT2D eigenvalue weighted by molar-refractivity contribution is 0.0734. The Labute approximate surface area is 118 Å². The van der Waals surface area contributed by atoms with Crippen LogP contribution < -0.4 is 4.74 Å². The molecule has 2 nitrogen and oxygen atoms in total. The number of hydrogen-bond donors (Lipinski definition) is 0. The van der Waals surface area contributed by atoms with E-state index in [0.29, 0.717) is 11.3 Å². The number of ether oxygens (including phenoxy) is 1. The lowest BCUT2D eigenvalue weighted by Gasteiger charge is -2.16. The number of para-hydroxylation sites is 1. The van der Waals surface area contributed by atoms with Gasteiger partial charge in [0.05, 0.1) is 10.4 Å². The van der Waals surface area contributed by atoms with E-state index < -0.39 is 4.87 Å². The van der Waals surface area contributed by atoms with Crippen LogP contribution in [0.4, 0.5) is 0 Å². The monoisotopic (exact) mass is 274 g/mol. The Bertz CT molecular complexity index is 554. The second-order valence-electron chi connectivity index (χ2n) is 4.75. The molecule has 3 heteroatoms. The van der Waals surface area contributed by atoms with E-state index >= 15 is 0 Å². The average molecular weight is 275 g/mol. The standard InChI is InChI=1S/C16H15ClO2/c1-16(2,17)13-10-8-12(9-11-13)15(18)19-14-6-4-3-5-7-14/h3-11H,1-2H3. The molecular formula is C16H15ClO2. The van der Waals surface area contributed by atoms with Gasteiger partial charge in [-0.15, -0.1) is 11.6 Å². The molecule has 0 N–H and O–H groups in total. The maximum absolute atomic E-state index is 11.9. The third-order valence-electron chi connectivity index (χ3n) is 2.76. The summed E-state index contributed by atoms with van der Waals surface area (Å²) in [5.41, 5.74) is 1.47. The van der Waals surface area contributed by atoms with Gasteiger partial charge in [-0.05, 0) is 43.7 Å². The molecule has 0 radical (unpaired) electrons. The van der Waals surface area contributed by atoms with Gasteiger partial charge in [-0.3, -0.25) is 0 Å². The SMILES string of the molecule is CC(C)(Cl)c1ccc(C(=O)Oc2ccccc2)cc1. The van der Waals surface area contributed by atoms with Gasteiger partial charge in [0.2, 0.25) is 0 Å². The highest BCUT2D eigenvalue weighted by Crippen LogP contribution is 2.27. The minimum absolute atomic E-state index is 0.370. The maximum atomic E-state index is 11.9. The van der Waals surface area contributed by atoms with Crippen molar-refractivity contribution in [3.05, 3.63) is 65.7 Å². The second kappa shape index (κ2) is 5.45. The van der Waals surface area contributed by atoms with Crippen molar-refractivity contribution in [1.82, 2.24) is 0 Å². The van der Waals surface area contributed by atoms with E-state index in [1.54, 1.807) is 24.3 Å². The van der Waals surface area contributed by atoms with Crippen LogP contribution in [0.25, 0.3) is 0 Å². The Morgan fingerprint density at radius 1 is 1.00 bits per heavy atom. The van der Waals surface area contributed by atoms with Gasteiger partial charge in [0.1, 0.15) is 5.75 Å². The number of hydrogen-bond acceptors (Lipinski definition) is 2. The molecule has 0 saturated heterocycles. The van der Waals surface area contributed by atoms with Crippen molar-refractivity contribution in [2.24, 2.45) is 0 Å². The van der Waals surface area contributed by atoms with Gasteiger partial charge in [0, 0.05) is 0 Å². The molecule has 2 aromatic carbocycles. The smallest absolute Gasteiger partial charge is 0.343 e. The first-order valence-corrected chi connectivity index (χ1v) is 6.41. The lowest BCUT2D eigenvalue weighted by Crippen LogP contribution is -2.11. The summed E-state index contributed by atoms with van der Waals surface area (Å²) in [6, 6.07) is 16.1. The first kappa shape index (κ1) is 13.6. The third kappa shape index (κ3) is 3.58. The van der Waals surface area contributed by atoms with E-state index in [9.17, 15) is 4.79 Å². The number of carbonyl (C=O) groups excluding carboxylic acids is 1. The lowest BCUT2D eigenvalue weighted by atomic mass is 10.0. The number of benzene rings is 2. The van der Waals surface area contributed by atoms with Crippen molar-refractivity contribution in [1.29, 1.82) is 0 Å². The van der Waals surface area contributed by atoms with Crippen LogP contribution in [0.3, 0.4) is 0 Å². The molecule has 0 bridgehead atoms. The molecular weight excluding hydrogens is 260 g/mol. The fourth-order valence-corrected chi connectivity index (χ4v) is 1.78. The van der Waals surface area contributed by atoms with Gasteiger partial charge in [0.25, 0.3) is 0 Å². The first-order valence-electron chi connectivity index (χ1n) is 6.03. The summed E-state index contributed by atoms with van der Waals surface area (Å²) in [5.74, 6) is 0.166. The fourth-order valence-electron chi connectivity index (χ4n) is 1.66. The van der Waals surface area contributed by atoms with Crippen LogP contribution in [0.1, 0.15) is 29.8 Å². The third-order valence-corrected chi connectivity index (χ3v) is 2.98. The van der Waals surface area contributed by atoms with Gasteiger partial charge in [-0.25, -0.2) is 4.79 Å². The van der Waals surface area contributed by atoms with Crippen LogP contribution in [0, 0.1) is 0 Å². The largest absolute Gasteiger partial charge is 0.423 e. The molecule has 0 amide bonds. The molecule has 19 heavy (non-hydrogen) atoms. The van der Waals surface area contributed by atoms with Crippen molar-refractivity contribution < 1.29 is 9.53 Å². The minimum Gasteiger partial charge on any atom is -0.423 e. The Kier molecular flexibility index (Phi) is 3.91. The van der Waals surface area contributed by atoms with Crippen LogP contribution in [-0.4, -0.2) is 5.97 Å². The molecule has 0 fully saturated rings. The molecule has 0 saturated carbocycles. The van der Waals surface area contributed by atoms with Crippen molar-refractivity contribution in [2.75, 3.05) is 0 Å². The molecule has 0 heterocycles. The molecule has 0 aliphatic carbocycles. The zero-order chi connectivity index (χ0) is 13.9. The summed E-state index contributed by atoms with van der Waals surface area (Å²) in [4.78, 5) is 11.5. The van der Waals surface area contributed by atoms with Gasteiger partial charge in [-0.1, -0.05) is 30.3 Å². The molecule has 0 atom stereocenters. The van der Waals surface area contributed by atoms with E-state index in [1.807, 2.05) is 44.2 Å². The molecule has 0 aliphatic heterocycles. The van der Waals surface area contributed by atoms with Crippen molar-refractivity contribution in [2.45, 2.75) is 18.7 Å². The Morgan fingerprint density at radius 2 is 1.58 bits per heavy atom. The van der Waals surface area contributed by atoms with Gasteiger partial charge in [-0.2, -0.15) is 0 Å². The predicted octanol–water partition coefficient (Wildman–Crippen LogP) is 4.38. The summed E-state index contributed by atoms with van der Waals surface area (Å²) in [6.07, 6.45) is 0. The summed E-state index contributed by atoms with van der Waals surface area (Å²) in [6.45, 7) is 3.82. The van der Waals surface area contributed by atoms with Crippen molar-refractivity contribution >= 4 is 17.6 Å². The van der Waals surface area contributed by atoms with Crippen LogP contribution in [-0.2, 0) is 4.87 Å². The molecule has 2 rings (SSSR count). The summed E-state index contributed by atoms with van der Waals surface area (Å²) in [7, 11) is 0. The Hall–Kier alpha value is -1.80. The van der Waals surface area contributed by atoms with Crippen molar-refractivity contribution in [3.8, 4) is 5.75 Å². The topological polar surface area (TPSA) is 26.3 Å². The van der Waals surface area contributed by atoms with Crippen LogP contribution in [0.2, 0.25) is 0 Å². The molecule has 0 spiro atoms. The molecule has 0 aliphatic rings. The van der Waals surface area contributed by atoms with Gasteiger partial charge in [0.15, 0.2) is 0 Å². The zero-order valence-electron chi connectivity index (χ0n) is 10.9. The summed E-state index contributed by atoms with van der Waals surface area (Å²) < 4.78 is 5.25. The highest BCUT2D eigenvalue weighted by Gasteiger charge is 2.17. The van der Waals surface area contributed by atoms with Crippen LogP contribution in [0.5, 0.6) is 5.75 Å². The van der Waals surface area contributed by atoms with E-state index in [-0.39, 0.29) is 5.97 Å². The van der Waals surface area contributed by atoms with Crippen LogP contribution >= 0.6 is 11.6 Å². The van der Waals surface area contributed by atoms with E-state index in [2.05, 4.69) is 0 Å². The minimum atomic E-state index is -0.443. The quantitative estimate of drug-likeness (QED) is 0.472. The van der Waals surface area contributed by atoms with E-state index in [4.69, 9.17) is 16.3 Å². The molecule has 0 unspecified atom stereocenters. The van der Waals surface area contributed by atoms with Gasteiger partial charge >= 0.3 is 5.97 Å². The van der Waals surface area contributed by atoms with Gasteiger partial charge < -0.3 is 4.74 Å². The zero-order valence-corrected chi connectivity index (χ0v) is 11.6. The number of halogens is 1. The number of esters is 1. The molecule has 2 aromatic rings. The normalized spacial score (nSPS) is 11.1. The number of rotatable bonds is 3. The highest BCUT2D eigenvalue weighted by molar-refractivity contribution is 6.23. The average Bonchev–Trinajstić information content (AvgIpc) is 2.39. The van der Waals surface area contributed by atoms with E-state index in [0.717, 1.165) is 5.56 Å². The molecule has 98 valence electrons. The van der Waals surface area contributed by atoms with Crippen LogP contribution in [0.15, 0.2) is 54.6 Å². The van der Waals surface area contributed by atoms with E-state index in [1.165, 1.54) is 0 Å². The number of alkyl halides is 1. The highest BCUT2D eigenvalue weighted by atomic mass is 35.5.